The average molecular weight is 284 g/mol. The minimum absolute atomic E-state index is 0.0605. The number of methoxy groups -OCH3 is 1. The predicted octanol–water partition coefficient (Wildman–Crippen LogP) is 4.11. The van der Waals surface area contributed by atoms with Gasteiger partial charge < -0.3 is 10.1 Å². The summed E-state index contributed by atoms with van der Waals surface area (Å²) in [4.78, 5) is 6.20. The number of rotatable bonds is 6. The molecule has 0 saturated carbocycles. The summed E-state index contributed by atoms with van der Waals surface area (Å²) in [5.74, 6) is 0.455. The van der Waals surface area contributed by atoms with E-state index < -0.39 is 0 Å². The first-order chi connectivity index (χ1) is 8.81. The summed E-state index contributed by atoms with van der Waals surface area (Å²) in [5, 5.41) is 4.50. The van der Waals surface area contributed by atoms with Crippen molar-refractivity contribution in [2.24, 2.45) is 5.41 Å². The largest absolute Gasteiger partial charge is 0.374 e. The average Bonchev–Trinajstić information content (AvgIpc) is 2.69. The molecule has 1 rings (SSSR count). The van der Waals surface area contributed by atoms with Crippen LogP contribution in [0.25, 0.3) is 0 Å². The molecule has 110 valence electrons. The van der Waals surface area contributed by atoms with Crippen molar-refractivity contribution in [1.29, 1.82) is 0 Å². The van der Waals surface area contributed by atoms with E-state index in [4.69, 9.17) is 9.72 Å². The van der Waals surface area contributed by atoms with Crippen LogP contribution in [0.5, 0.6) is 0 Å². The third-order valence-electron chi connectivity index (χ3n) is 3.07. The number of nitrogens with zero attached hydrogens (tertiary/aromatic N) is 1. The molecule has 1 unspecified atom stereocenters. The monoisotopic (exact) mass is 284 g/mol. The van der Waals surface area contributed by atoms with E-state index in [2.05, 4.69) is 46.9 Å². The topological polar surface area (TPSA) is 34.1 Å². The van der Waals surface area contributed by atoms with Crippen LogP contribution in [0, 0.1) is 5.41 Å². The van der Waals surface area contributed by atoms with Crippen molar-refractivity contribution in [3.05, 3.63) is 15.6 Å². The molecule has 0 aromatic carbocycles. The fourth-order valence-corrected chi connectivity index (χ4v) is 3.65. The molecule has 1 atom stereocenters. The maximum atomic E-state index is 5.68. The standard InChI is InChI=1S/C15H28N2OS/c1-8-16-9-11-12(10(2)3)17-14(19-11)13(18-7)15(4,5)6/h10,13,16H,8-9H2,1-7H3. The van der Waals surface area contributed by atoms with E-state index in [0.29, 0.717) is 5.92 Å². The lowest BCUT2D eigenvalue weighted by Crippen LogP contribution is -2.20. The SMILES string of the molecule is CCNCc1sc(C(OC)C(C)(C)C)nc1C(C)C. The van der Waals surface area contributed by atoms with E-state index in [-0.39, 0.29) is 11.5 Å². The number of hydrogen-bond acceptors (Lipinski definition) is 4. The van der Waals surface area contributed by atoms with Crippen LogP contribution < -0.4 is 5.32 Å². The number of thiazole rings is 1. The second-order valence-corrected chi connectivity index (χ2v) is 7.39. The minimum atomic E-state index is 0.0605. The highest BCUT2D eigenvalue weighted by atomic mass is 32.1. The Balaban J connectivity index is 3.08. The van der Waals surface area contributed by atoms with Crippen LogP contribution >= 0.6 is 11.3 Å². The molecular weight excluding hydrogens is 256 g/mol. The Morgan fingerprint density at radius 3 is 2.37 bits per heavy atom. The Bertz CT molecular complexity index is 393. The maximum absolute atomic E-state index is 5.68. The van der Waals surface area contributed by atoms with Gasteiger partial charge >= 0.3 is 0 Å². The predicted molar refractivity (Wildman–Crippen MR) is 82.8 cm³/mol. The van der Waals surface area contributed by atoms with Crippen LogP contribution in [-0.4, -0.2) is 18.6 Å². The van der Waals surface area contributed by atoms with E-state index in [9.17, 15) is 0 Å². The molecule has 0 aliphatic carbocycles. The van der Waals surface area contributed by atoms with E-state index in [0.717, 1.165) is 18.1 Å². The molecular formula is C15H28N2OS. The number of nitrogens with one attached hydrogen (secondary N) is 1. The molecule has 0 saturated heterocycles. The molecule has 0 aliphatic rings. The number of aromatic nitrogens is 1. The lowest BCUT2D eigenvalue weighted by molar-refractivity contribution is 0.0149. The second kappa shape index (κ2) is 6.82. The highest BCUT2D eigenvalue weighted by molar-refractivity contribution is 7.11. The van der Waals surface area contributed by atoms with Gasteiger partial charge in [-0.2, -0.15) is 0 Å². The molecule has 0 aliphatic heterocycles. The Hall–Kier alpha value is -0.450. The molecule has 0 fully saturated rings. The molecule has 1 heterocycles. The lowest BCUT2D eigenvalue weighted by atomic mass is 9.89. The molecule has 0 amide bonds. The van der Waals surface area contributed by atoms with E-state index in [1.54, 1.807) is 18.4 Å². The Labute approximate surface area is 121 Å². The Kier molecular flexibility index (Phi) is 5.96. The quantitative estimate of drug-likeness (QED) is 0.853. The van der Waals surface area contributed by atoms with Gasteiger partial charge in [-0.25, -0.2) is 4.98 Å². The molecule has 1 aromatic heterocycles. The van der Waals surface area contributed by atoms with Gasteiger partial charge in [0.15, 0.2) is 0 Å². The van der Waals surface area contributed by atoms with Gasteiger partial charge in [-0.05, 0) is 17.9 Å². The molecule has 0 radical (unpaired) electrons. The molecule has 19 heavy (non-hydrogen) atoms. The van der Waals surface area contributed by atoms with Crippen molar-refractivity contribution in [2.45, 2.75) is 60.1 Å². The zero-order valence-electron chi connectivity index (χ0n) is 13.3. The first-order valence-corrected chi connectivity index (χ1v) is 7.85. The first kappa shape index (κ1) is 16.6. The van der Waals surface area contributed by atoms with Crippen LogP contribution in [0.3, 0.4) is 0 Å². The van der Waals surface area contributed by atoms with Gasteiger partial charge in [-0.3, -0.25) is 0 Å². The van der Waals surface area contributed by atoms with Gasteiger partial charge in [0.05, 0.1) is 5.69 Å². The summed E-state index contributed by atoms with van der Waals surface area (Å²) in [5.41, 5.74) is 1.28. The number of ether oxygens (including phenoxy) is 1. The zero-order chi connectivity index (χ0) is 14.6. The van der Waals surface area contributed by atoms with Gasteiger partial charge in [-0.1, -0.05) is 41.5 Å². The van der Waals surface area contributed by atoms with Crippen molar-refractivity contribution in [1.82, 2.24) is 10.3 Å². The fourth-order valence-electron chi connectivity index (χ4n) is 2.14. The summed E-state index contributed by atoms with van der Waals surface area (Å²) < 4.78 is 5.68. The molecule has 3 nitrogen and oxygen atoms in total. The van der Waals surface area contributed by atoms with Crippen LogP contribution in [-0.2, 0) is 11.3 Å². The summed E-state index contributed by atoms with van der Waals surface area (Å²) >= 11 is 1.79. The van der Waals surface area contributed by atoms with Gasteiger partial charge in [0.2, 0.25) is 0 Å². The summed E-state index contributed by atoms with van der Waals surface area (Å²) in [7, 11) is 1.77. The normalized spacial score (nSPS) is 14.1. The van der Waals surface area contributed by atoms with Gasteiger partial charge in [0, 0.05) is 18.5 Å². The van der Waals surface area contributed by atoms with E-state index in [1.165, 1.54) is 10.6 Å². The molecule has 1 aromatic rings. The van der Waals surface area contributed by atoms with Gasteiger partial charge in [0.25, 0.3) is 0 Å². The highest BCUT2D eigenvalue weighted by Gasteiger charge is 2.30. The smallest absolute Gasteiger partial charge is 0.123 e. The van der Waals surface area contributed by atoms with Crippen molar-refractivity contribution in [3.8, 4) is 0 Å². The van der Waals surface area contributed by atoms with E-state index >= 15 is 0 Å². The van der Waals surface area contributed by atoms with Crippen LogP contribution in [0.15, 0.2) is 0 Å². The molecule has 1 N–H and O–H groups in total. The highest BCUT2D eigenvalue weighted by Crippen LogP contribution is 2.39. The lowest BCUT2D eigenvalue weighted by Gasteiger charge is -2.27. The van der Waals surface area contributed by atoms with E-state index in [1.807, 2.05) is 0 Å². The zero-order valence-corrected chi connectivity index (χ0v) is 14.1. The third kappa shape index (κ3) is 4.26. The third-order valence-corrected chi connectivity index (χ3v) is 4.19. The van der Waals surface area contributed by atoms with Crippen molar-refractivity contribution in [3.63, 3.8) is 0 Å². The van der Waals surface area contributed by atoms with Gasteiger partial charge in [0.1, 0.15) is 11.1 Å². The summed E-state index contributed by atoms with van der Waals surface area (Å²) in [6.45, 7) is 15.0. The Morgan fingerprint density at radius 2 is 1.95 bits per heavy atom. The fraction of sp³-hybridized carbons (Fsp3) is 0.800. The van der Waals surface area contributed by atoms with Crippen LogP contribution in [0.1, 0.15) is 69.1 Å². The molecule has 0 spiro atoms. The molecule has 0 bridgehead atoms. The van der Waals surface area contributed by atoms with Crippen LogP contribution in [0.2, 0.25) is 0 Å². The first-order valence-electron chi connectivity index (χ1n) is 7.04. The summed E-state index contributed by atoms with van der Waals surface area (Å²) in [6, 6.07) is 0. The number of hydrogen-bond donors (Lipinski definition) is 1. The minimum Gasteiger partial charge on any atom is -0.374 e. The van der Waals surface area contributed by atoms with Gasteiger partial charge in [-0.15, -0.1) is 11.3 Å². The second-order valence-electron chi connectivity index (χ2n) is 6.28. The van der Waals surface area contributed by atoms with Crippen molar-refractivity contribution in [2.75, 3.05) is 13.7 Å². The van der Waals surface area contributed by atoms with Crippen LogP contribution in [0.4, 0.5) is 0 Å². The van der Waals surface area contributed by atoms with Crippen molar-refractivity contribution < 1.29 is 4.74 Å². The maximum Gasteiger partial charge on any atom is 0.123 e. The van der Waals surface area contributed by atoms with Crippen molar-refractivity contribution >= 4 is 11.3 Å². The molecule has 4 heteroatoms. The summed E-state index contributed by atoms with van der Waals surface area (Å²) in [6.07, 6.45) is 0.0605. The Morgan fingerprint density at radius 1 is 1.32 bits per heavy atom.